The van der Waals surface area contributed by atoms with Gasteiger partial charge in [0.1, 0.15) is 5.75 Å². The average Bonchev–Trinajstić information content (AvgIpc) is 2.90. The number of methoxy groups -OCH3 is 1. The van der Waals surface area contributed by atoms with Crippen LogP contribution in [-0.2, 0) is 0 Å². The van der Waals surface area contributed by atoms with Crippen molar-refractivity contribution in [2.75, 3.05) is 7.11 Å². The Hall–Kier alpha value is -0.540. The Bertz CT molecular complexity index is 293. The van der Waals surface area contributed by atoms with Crippen LogP contribution in [0, 0.1) is 5.92 Å². The van der Waals surface area contributed by atoms with Gasteiger partial charge in [-0.15, -0.1) is 11.3 Å². The van der Waals surface area contributed by atoms with E-state index in [0.29, 0.717) is 0 Å². The molecular weight excluding hydrogens is 194 g/mol. The van der Waals surface area contributed by atoms with E-state index in [2.05, 4.69) is 6.07 Å². The molecule has 1 heterocycles. The lowest BCUT2D eigenvalue weighted by Crippen LogP contribution is -2.08. The van der Waals surface area contributed by atoms with Gasteiger partial charge in [0.05, 0.1) is 7.11 Å². The molecular formula is C11H17NOS. The van der Waals surface area contributed by atoms with Gasteiger partial charge in [-0.1, -0.05) is 12.8 Å². The van der Waals surface area contributed by atoms with Gasteiger partial charge in [-0.2, -0.15) is 0 Å². The zero-order chi connectivity index (χ0) is 9.97. The molecule has 1 aromatic rings. The van der Waals surface area contributed by atoms with E-state index in [-0.39, 0.29) is 6.04 Å². The average molecular weight is 211 g/mol. The molecule has 1 saturated carbocycles. The highest BCUT2D eigenvalue weighted by Crippen LogP contribution is 2.36. The fourth-order valence-corrected chi connectivity index (χ4v) is 2.49. The van der Waals surface area contributed by atoms with Gasteiger partial charge in [0, 0.05) is 16.3 Å². The predicted octanol–water partition coefficient (Wildman–Crippen LogP) is 2.95. The van der Waals surface area contributed by atoms with Gasteiger partial charge >= 0.3 is 0 Å². The Morgan fingerprint density at radius 3 is 3.00 bits per heavy atom. The van der Waals surface area contributed by atoms with Crippen molar-refractivity contribution in [2.45, 2.75) is 31.7 Å². The molecule has 14 heavy (non-hydrogen) atoms. The summed E-state index contributed by atoms with van der Waals surface area (Å²) in [4.78, 5) is 1.25. The first-order chi connectivity index (χ1) is 6.79. The van der Waals surface area contributed by atoms with Crippen molar-refractivity contribution >= 4 is 11.3 Å². The Kier molecular flexibility index (Phi) is 3.08. The fourth-order valence-electron chi connectivity index (χ4n) is 1.60. The van der Waals surface area contributed by atoms with Crippen molar-refractivity contribution < 1.29 is 4.74 Å². The summed E-state index contributed by atoms with van der Waals surface area (Å²) in [6, 6.07) is 2.27. The third-order valence-electron chi connectivity index (χ3n) is 2.78. The summed E-state index contributed by atoms with van der Waals surface area (Å²) in [5.74, 6) is 1.91. The molecule has 2 N–H and O–H groups in total. The van der Waals surface area contributed by atoms with E-state index in [0.717, 1.165) is 18.1 Å². The molecule has 1 aliphatic rings. The van der Waals surface area contributed by atoms with Gasteiger partial charge in [-0.3, -0.25) is 0 Å². The second kappa shape index (κ2) is 4.32. The van der Waals surface area contributed by atoms with Crippen LogP contribution < -0.4 is 10.5 Å². The van der Waals surface area contributed by atoms with Crippen LogP contribution >= 0.6 is 11.3 Å². The monoisotopic (exact) mass is 211 g/mol. The van der Waals surface area contributed by atoms with Crippen LogP contribution in [0.15, 0.2) is 11.4 Å². The Morgan fingerprint density at radius 2 is 2.43 bits per heavy atom. The quantitative estimate of drug-likeness (QED) is 0.812. The first-order valence-corrected chi connectivity index (χ1v) is 6.05. The molecule has 2 rings (SSSR count). The highest BCUT2D eigenvalue weighted by Gasteiger charge is 2.22. The van der Waals surface area contributed by atoms with Crippen LogP contribution in [0.5, 0.6) is 5.75 Å². The van der Waals surface area contributed by atoms with Crippen LogP contribution in [0.3, 0.4) is 0 Å². The van der Waals surface area contributed by atoms with Crippen molar-refractivity contribution in [3.63, 3.8) is 0 Å². The summed E-state index contributed by atoms with van der Waals surface area (Å²) >= 11 is 1.70. The number of nitrogens with two attached hydrogens (primary N) is 1. The van der Waals surface area contributed by atoms with Gasteiger partial charge in [0.15, 0.2) is 0 Å². The minimum Gasteiger partial charge on any atom is -0.496 e. The van der Waals surface area contributed by atoms with Gasteiger partial charge in [-0.05, 0) is 24.8 Å². The van der Waals surface area contributed by atoms with Crippen LogP contribution in [0.4, 0.5) is 0 Å². The van der Waals surface area contributed by atoms with E-state index in [9.17, 15) is 0 Å². The van der Waals surface area contributed by atoms with E-state index in [1.165, 1.54) is 24.1 Å². The van der Waals surface area contributed by atoms with Crippen molar-refractivity contribution in [1.29, 1.82) is 0 Å². The maximum absolute atomic E-state index is 6.09. The predicted molar refractivity (Wildman–Crippen MR) is 59.8 cm³/mol. The molecule has 1 fully saturated rings. The normalized spacial score (nSPS) is 18.1. The fraction of sp³-hybridized carbons (Fsp3) is 0.636. The van der Waals surface area contributed by atoms with E-state index in [4.69, 9.17) is 10.5 Å². The number of rotatable bonds is 5. The maximum atomic E-state index is 6.09. The lowest BCUT2D eigenvalue weighted by atomic mass is 10.1. The summed E-state index contributed by atoms with van der Waals surface area (Å²) in [5.41, 5.74) is 6.09. The molecule has 1 atom stereocenters. The van der Waals surface area contributed by atoms with Crippen LogP contribution in [0.1, 0.15) is 36.6 Å². The van der Waals surface area contributed by atoms with Gasteiger partial charge < -0.3 is 10.5 Å². The topological polar surface area (TPSA) is 35.2 Å². The maximum Gasteiger partial charge on any atom is 0.129 e. The van der Waals surface area contributed by atoms with Gasteiger partial charge in [0.2, 0.25) is 0 Å². The summed E-state index contributed by atoms with van der Waals surface area (Å²) in [6.45, 7) is 0. The zero-order valence-electron chi connectivity index (χ0n) is 8.53. The molecule has 0 spiro atoms. The molecule has 2 nitrogen and oxygen atoms in total. The third-order valence-corrected chi connectivity index (χ3v) is 3.82. The molecule has 1 aliphatic carbocycles. The number of ether oxygens (including phenoxy) is 1. The summed E-state index contributed by atoms with van der Waals surface area (Å²) < 4.78 is 5.14. The minimum atomic E-state index is 0.212. The standard InChI is InChI=1S/C11H17NOS/c1-13-9-6-11(14-7-9)10(12)5-4-8-2-3-8/h6-8,10H,2-5,12H2,1H3. The van der Waals surface area contributed by atoms with Gasteiger partial charge in [-0.25, -0.2) is 0 Å². The molecule has 0 aromatic carbocycles. The molecule has 0 saturated heterocycles. The first kappa shape index (κ1) is 9.99. The summed E-state index contributed by atoms with van der Waals surface area (Å²) in [5, 5.41) is 2.02. The van der Waals surface area contributed by atoms with Crippen molar-refractivity contribution in [1.82, 2.24) is 0 Å². The largest absolute Gasteiger partial charge is 0.496 e. The lowest BCUT2D eigenvalue weighted by molar-refractivity contribution is 0.416. The smallest absolute Gasteiger partial charge is 0.129 e. The molecule has 3 heteroatoms. The second-order valence-electron chi connectivity index (χ2n) is 4.02. The van der Waals surface area contributed by atoms with Gasteiger partial charge in [0.25, 0.3) is 0 Å². The van der Waals surface area contributed by atoms with Crippen molar-refractivity contribution in [3.05, 3.63) is 16.3 Å². The van der Waals surface area contributed by atoms with Crippen molar-refractivity contribution in [3.8, 4) is 5.75 Å². The van der Waals surface area contributed by atoms with Crippen molar-refractivity contribution in [2.24, 2.45) is 11.7 Å². The highest BCUT2D eigenvalue weighted by atomic mass is 32.1. The third kappa shape index (κ3) is 2.49. The Labute approximate surface area is 89.1 Å². The number of hydrogen-bond donors (Lipinski definition) is 1. The summed E-state index contributed by atoms with van der Waals surface area (Å²) in [7, 11) is 1.70. The zero-order valence-corrected chi connectivity index (χ0v) is 9.35. The number of thiophene rings is 1. The van der Waals surface area contributed by atoms with E-state index in [1.807, 2.05) is 5.38 Å². The SMILES string of the molecule is COc1csc(C(N)CCC2CC2)c1. The molecule has 0 aliphatic heterocycles. The van der Waals surface area contributed by atoms with E-state index < -0.39 is 0 Å². The minimum absolute atomic E-state index is 0.212. The first-order valence-electron chi connectivity index (χ1n) is 5.17. The molecule has 78 valence electrons. The molecule has 0 bridgehead atoms. The van der Waals surface area contributed by atoms with Crippen LogP contribution in [-0.4, -0.2) is 7.11 Å². The Balaban J connectivity index is 1.85. The number of hydrogen-bond acceptors (Lipinski definition) is 3. The Morgan fingerprint density at radius 1 is 1.64 bits per heavy atom. The van der Waals surface area contributed by atoms with E-state index >= 15 is 0 Å². The molecule has 1 unspecified atom stereocenters. The highest BCUT2D eigenvalue weighted by molar-refractivity contribution is 7.10. The molecule has 0 amide bonds. The lowest BCUT2D eigenvalue weighted by Gasteiger charge is -2.07. The van der Waals surface area contributed by atoms with Crippen LogP contribution in [0.2, 0.25) is 0 Å². The molecule has 0 radical (unpaired) electrons. The van der Waals surface area contributed by atoms with E-state index in [1.54, 1.807) is 18.4 Å². The summed E-state index contributed by atoms with van der Waals surface area (Å²) in [6.07, 6.45) is 5.25. The molecule has 1 aromatic heterocycles. The second-order valence-corrected chi connectivity index (χ2v) is 4.96. The van der Waals surface area contributed by atoms with Crippen LogP contribution in [0.25, 0.3) is 0 Å².